The lowest BCUT2D eigenvalue weighted by Crippen LogP contribution is -2.34. The quantitative estimate of drug-likeness (QED) is 0.513. The minimum Gasteiger partial charge on any atom is -0.412 e. The SMILES string of the molecule is O.O=S(=O)(O)O[C@@H]1CO[C@H]2[C@@H]1OC[C@@H]2O. The molecule has 2 saturated heterocycles. The molecule has 0 unspecified atom stereocenters. The Kier molecular flexibility index (Phi) is 3.66. The Morgan fingerprint density at radius 1 is 1.20 bits per heavy atom. The molecule has 15 heavy (non-hydrogen) atoms. The number of fused-ring (bicyclic) bond motifs is 1. The van der Waals surface area contributed by atoms with Crippen molar-refractivity contribution in [3.05, 3.63) is 0 Å². The van der Waals surface area contributed by atoms with Crippen LogP contribution in [0.1, 0.15) is 0 Å². The number of hydrogen-bond donors (Lipinski definition) is 2. The van der Waals surface area contributed by atoms with Gasteiger partial charge < -0.3 is 20.1 Å². The monoisotopic (exact) mass is 244 g/mol. The van der Waals surface area contributed by atoms with Crippen LogP contribution in [-0.4, -0.2) is 61.2 Å². The first kappa shape index (κ1) is 12.8. The summed E-state index contributed by atoms with van der Waals surface area (Å²) in [6, 6.07) is 0. The number of hydrogen-bond acceptors (Lipinski definition) is 6. The summed E-state index contributed by atoms with van der Waals surface area (Å²) in [7, 11) is -4.51. The van der Waals surface area contributed by atoms with Gasteiger partial charge in [-0.15, -0.1) is 0 Å². The van der Waals surface area contributed by atoms with Crippen molar-refractivity contribution < 1.29 is 37.2 Å². The maximum Gasteiger partial charge on any atom is 0.397 e. The Morgan fingerprint density at radius 2 is 1.80 bits per heavy atom. The van der Waals surface area contributed by atoms with Gasteiger partial charge in [0.15, 0.2) is 0 Å². The second-order valence-corrected chi connectivity index (χ2v) is 4.27. The lowest BCUT2D eigenvalue weighted by molar-refractivity contribution is 0.00784. The summed E-state index contributed by atoms with van der Waals surface area (Å²) in [5.41, 5.74) is 0. The van der Waals surface area contributed by atoms with E-state index in [2.05, 4.69) is 4.18 Å². The maximum absolute atomic E-state index is 10.4. The molecular formula is C6H12O8S. The van der Waals surface area contributed by atoms with Crippen LogP contribution in [0.15, 0.2) is 0 Å². The topological polar surface area (TPSA) is 134 Å². The van der Waals surface area contributed by atoms with Crippen molar-refractivity contribution in [1.82, 2.24) is 0 Å². The molecule has 4 N–H and O–H groups in total. The largest absolute Gasteiger partial charge is 0.412 e. The third kappa shape index (κ3) is 2.64. The van der Waals surface area contributed by atoms with E-state index in [4.69, 9.17) is 14.0 Å². The smallest absolute Gasteiger partial charge is 0.397 e. The number of rotatable bonds is 2. The molecule has 0 aromatic rings. The van der Waals surface area contributed by atoms with Crippen LogP contribution in [0, 0.1) is 0 Å². The molecule has 2 aliphatic heterocycles. The van der Waals surface area contributed by atoms with Crippen molar-refractivity contribution in [2.75, 3.05) is 13.2 Å². The van der Waals surface area contributed by atoms with E-state index in [0.29, 0.717) is 0 Å². The summed E-state index contributed by atoms with van der Waals surface area (Å²) < 4.78 is 43.7. The van der Waals surface area contributed by atoms with E-state index in [1.807, 2.05) is 0 Å². The summed E-state index contributed by atoms with van der Waals surface area (Å²) in [6.07, 6.45) is -2.85. The second-order valence-electron chi connectivity index (χ2n) is 3.23. The Balaban J connectivity index is 0.00000112. The van der Waals surface area contributed by atoms with Crippen LogP contribution in [0.25, 0.3) is 0 Å². The number of aliphatic hydroxyl groups is 1. The molecule has 0 bridgehead atoms. The molecule has 0 radical (unpaired) electrons. The zero-order valence-electron chi connectivity index (χ0n) is 7.57. The third-order valence-electron chi connectivity index (χ3n) is 2.23. The molecule has 8 nitrogen and oxygen atoms in total. The average Bonchev–Trinajstić information content (AvgIpc) is 2.55. The molecule has 2 fully saturated rings. The van der Waals surface area contributed by atoms with E-state index in [1.165, 1.54) is 0 Å². The maximum atomic E-state index is 10.4. The van der Waals surface area contributed by atoms with Crippen molar-refractivity contribution in [2.24, 2.45) is 0 Å². The van der Waals surface area contributed by atoms with Gasteiger partial charge in [0.25, 0.3) is 0 Å². The van der Waals surface area contributed by atoms with Crippen LogP contribution in [-0.2, 0) is 24.1 Å². The zero-order chi connectivity index (χ0) is 10.3. The first-order chi connectivity index (χ1) is 6.47. The van der Waals surface area contributed by atoms with Gasteiger partial charge in [-0.3, -0.25) is 4.55 Å². The molecule has 0 aromatic heterocycles. The van der Waals surface area contributed by atoms with E-state index in [-0.39, 0.29) is 18.7 Å². The van der Waals surface area contributed by atoms with Crippen molar-refractivity contribution in [3.8, 4) is 0 Å². The first-order valence-electron chi connectivity index (χ1n) is 4.04. The lowest BCUT2D eigenvalue weighted by Gasteiger charge is -2.13. The summed E-state index contributed by atoms with van der Waals surface area (Å²) >= 11 is 0. The highest BCUT2D eigenvalue weighted by Gasteiger charge is 2.49. The predicted molar refractivity (Wildman–Crippen MR) is 45.5 cm³/mol. The van der Waals surface area contributed by atoms with Gasteiger partial charge in [0.1, 0.15) is 24.4 Å². The number of aliphatic hydroxyl groups excluding tert-OH is 1. The predicted octanol–water partition coefficient (Wildman–Crippen LogP) is -2.49. The van der Waals surface area contributed by atoms with Gasteiger partial charge in [0.2, 0.25) is 0 Å². The molecule has 0 amide bonds. The lowest BCUT2D eigenvalue weighted by atomic mass is 10.1. The highest BCUT2D eigenvalue weighted by atomic mass is 32.3. The third-order valence-corrected chi connectivity index (χ3v) is 2.72. The first-order valence-corrected chi connectivity index (χ1v) is 5.41. The van der Waals surface area contributed by atoms with Crippen LogP contribution >= 0.6 is 0 Å². The van der Waals surface area contributed by atoms with Gasteiger partial charge in [-0.2, -0.15) is 8.42 Å². The van der Waals surface area contributed by atoms with Crippen molar-refractivity contribution >= 4 is 10.4 Å². The van der Waals surface area contributed by atoms with Gasteiger partial charge in [-0.05, 0) is 0 Å². The highest BCUT2D eigenvalue weighted by molar-refractivity contribution is 7.80. The summed E-state index contributed by atoms with van der Waals surface area (Å²) in [5, 5.41) is 9.30. The van der Waals surface area contributed by atoms with E-state index in [1.54, 1.807) is 0 Å². The van der Waals surface area contributed by atoms with E-state index in [9.17, 15) is 13.5 Å². The van der Waals surface area contributed by atoms with Crippen LogP contribution in [0.4, 0.5) is 0 Å². The van der Waals surface area contributed by atoms with E-state index >= 15 is 0 Å². The zero-order valence-corrected chi connectivity index (χ0v) is 8.38. The number of ether oxygens (including phenoxy) is 2. The Morgan fingerprint density at radius 3 is 2.40 bits per heavy atom. The molecule has 9 heteroatoms. The normalized spacial score (nSPS) is 39.9. The van der Waals surface area contributed by atoms with Crippen LogP contribution in [0.3, 0.4) is 0 Å². The van der Waals surface area contributed by atoms with Gasteiger partial charge >= 0.3 is 10.4 Å². The molecular weight excluding hydrogens is 232 g/mol. The minimum absolute atomic E-state index is 0. The van der Waals surface area contributed by atoms with E-state index in [0.717, 1.165) is 0 Å². The van der Waals surface area contributed by atoms with Gasteiger partial charge in [0.05, 0.1) is 13.2 Å². The van der Waals surface area contributed by atoms with Crippen LogP contribution in [0.2, 0.25) is 0 Å². The average molecular weight is 244 g/mol. The highest BCUT2D eigenvalue weighted by Crippen LogP contribution is 2.29. The standard InChI is InChI=1S/C6H10O7S.H2O/c7-3-1-11-6-4(2-12-5(3)6)13-14(8,9)10;/h3-7H,1-2H2,(H,8,9,10);1H2/t3-,4+,5+,6+;/m0./s1. The van der Waals surface area contributed by atoms with E-state index < -0.39 is 34.8 Å². The summed E-state index contributed by atoms with van der Waals surface area (Å²) in [5.74, 6) is 0. The second kappa shape index (κ2) is 4.29. The van der Waals surface area contributed by atoms with Crippen molar-refractivity contribution in [3.63, 3.8) is 0 Å². The molecule has 0 aromatic carbocycles. The van der Waals surface area contributed by atoms with Crippen molar-refractivity contribution in [2.45, 2.75) is 24.4 Å². The van der Waals surface area contributed by atoms with Crippen LogP contribution < -0.4 is 0 Å². The fourth-order valence-corrected chi connectivity index (χ4v) is 2.16. The molecule has 0 spiro atoms. The van der Waals surface area contributed by atoms with Gasteiger partial charge in [0, 0.05) is 0 Å². The molecule has 2 aliphatic rings. The fraction of sp³-hybridized carbons (Fsp3) is 1.00. The summed E-state index contributed by atoms with van der Waals surface area (Å²) in [4.78, 5) is 0. The fourth-order valence-electron chi connectivity index (χ4n) is 1.68. The van der Waals surface area contributed by atoms with Gasteiger partial charge in [-0.1, -0.05) is 0 Å². The molecule has 0 aliphatic carbocycles. The van der Waals surface area contributed by atoms with Gasteiger partial charge in [-0.25, -0.2) is 4.18 Å². The molecule has 2 rings (SSSR count). The Hall–Kier alpha value is -0.290. The minimum atomic E-state index is -4.51. The van der Waals surface area contributed by atoms with Crippen molar-refractivity contribution in [1.29, 1.82) is 0 Å². The molecule has 0 saturated carbocycles. The summed E-state index contributed by atoms with van der Waals surface area (Å²) in [6.45, 7) is 0.0624. The molecule has 90 valence electrons. The van der Waals surface area contributed by atoms with Crippen LogP contribution in [0.5, 0.6) is 0 Å². The molecule has 2 heterocycles. The Labute approximate surface area is 86.0 Å². The Bertz CT molecular complexity index is 313. The molecule has 4 atom stereocenters.